The first-order valence-electron chi connectivity index (χ1n) is 11.5. The smallest absolute Gasteiger partial charge is 0.345 e. The van der Waals surface area contributed by atoms with Crippen LogP contribution in [0.5, 0.6) is 0 Å². The predicted octanol–water partition coefficient (Wildman–Crippen LogP) is 2.28. The fourth-order valence-corrected chi connectivity index (χ4v) is 4.64. The lowest BCUT2D eigenvalue weighted by molar-refractivity contribution is 0.137. The lowest BCUT2D eigenvalue weighted by atomic mass is 9.72. The molecule has 0 unspecified atom stereocenters. The van der Waals surface area contributed by atoms with E-state index in [0.717, 1.165) is 82.9 Å². The molecule has 2 heterocycles. The molecular formula is C21H39IN6O2. The molecule has 3 rings (SSSR count). The molecule has 0 bridgehead atoms. The highest BCUT2D eigenvalue weighted by Gasteiger charge is 2.31. The van der Waals surface area contributed by atoms with Crippen LogP contribution in [0.4, 0.5) is 0 Å². The van der Waals surface area contributed by atoms with E-state index in [1.54, 1.807) is 4.68 Å². The minimum atomic E-state index is 0. The van der Waals surface area contributed by atoms with Gasteiger partial charge in [-0.2, -0.15) is 5.10 Å². The van der Waals surface area contributed by atoms with E-state index in [-0.39, 0.29) is 41.7 Å². The Morgan fingerprint density at radius 1 is 1.20 bits per heavy atom. The molecule has 0 radical (unpaired) electrons. The Morgan fingerprint density at radius 2 is 2.00 bits per heavy atom. The summed E-state index contributed by atoms with van der Waals surface area (Å²) in [7, 11) is 0. The summed E-state index contributed by atoms with van der Waals surface area (Å²) in [6.45, 7) is 6.05. The number of aliphatic hydroxyl groups excluding tert-OH is 1. The van der Waals surface area contributed by atoms with Gasteiger partial charge in [0.15, 0.2) is 5.96 Å². The van der Waals surface area contributed by atoms with Crippen LogP contribution in [0, 0.1) is 5.41 Å². The monoisotopic (exact) mass is 534 g/mol. The van der Waals surface area contributed by atoms with Crippen molar-refractivity contribution in [3.63, 3.8) is 0 Å². The maximum atomic E-state index is 12.4. The van der Waals surface area contributed by atoms with Crippen molar-refractivity contribution < 1.29 is 5.11 Å². The van der Waals surface area contributed by atoms with Gasteiger partial charge in [-0.15, -0.1) is 24.0 Å². The number of aryl methyl sites for hydroxylation is 2. The van der Waals surface area contributed by atoms with Crippen LogP contribution in [-0.2, 0) is 19.5 Å². The number of fused-ring (bicyclic) bond motifs is 1. The quantitative estimate of drug-likeness (QED) is 0.196. The third-order valence-electron chi connectivity index (χ3n) is 6.34. The summed E-state index contributed by atoms with van der Waals surface area (Å²) in [5.74, 6) is 1.76. The van der Waals surface area contributed by atoms with E-state index in [1.165, 1.54) is 19.3 Å². The lowest BCUT2D eigenvalue weighted by Gasteiger charge is -2.35. The van der Waals surface area contributed by atoms with E-state index in [4.69, 9.17) is 4.99 Å². The molecule has 1 aromatic heterocycles. The van der Waals surface area contributed by atoms with Crippen LogP contribution >= 0.6 is 24.0 Å². The molecule has 1 aromatic rings. The molecule has 2 aliphatic rings. The Kier molecular flexibility index (Phi) is 10.6. The topological polar surface area (TPSA) is 96.5 Å². The normalized spacial score (nSPS) is 18.4. The molecule has 1 aliphatic heterocycles. The van der Waals surface area contributed by atoms with E-state index in [0.29, 0.717) is 6.54 Å². The van der Waals surface area contributed by atoms with Crippen LogP contribution in [0.3, 0.4) is 0 Å². The molecule has 0 amide bonds. The third-order valence-corrected chi connectivity index (χ3v) is 6.34. The molecule has 1 aliphatic carbocycles. The molecule has 8 nitrogen and oxygen atoms in total. The molecule has 3 N–H and O–H groups in total. The van der Waals surface area contributed by atoms with Crippen LogP contribution in [-0.4, -0.2) is 51.7 Å². The Bertz CT molecular complexity index is 718. The van der Waals surface area contributed by atoms with Gasteiger partial charge in [-0.3, -0.25) is 9.56 Å². The number of halogens is 1. The summed E-state index contributed by atoms with van der Waals surface area (Å²) in [4.78, 5) is 17.2. The summed E-state index contributed by atoms with van der Waals surface area (Å²) in [6.07, 6.45) is 10.9. The fraction of sp³-hybridized carbons (Fsp3) is 0.857. The maximum Gasteiger partial charge on any atom is 0.345 e. The first kappa shape index (κ1) is 25.2. The van der Waals surface area contributed by atoms with Gasteiger partial charge >= 0.3 is 5.69 Å². The summed E-state index contributed by atoms with van der Waals surface area (Å²) in [5, 5.41) is 20.7. The van der Waals surface area contributed by atoms with Crippen molar-refractivity contribution in [2.45, 2.75) is 84.2 Å². The number of nitrogens with zero attached hydrogens (tertiary/aromatic N) is 4. The molecule has 0 aromatic carbocycles. The number of rotatable bonds is 9. The van der Waals surface area contributed by atoms with Gasteiger partial charge in [-0.1, -0.05) is 19.3 Å². The molecule has 0 spiro atoms. The highest BCUT2D eigenvalue weighted by atomic mass is 127. The Labute approximate surface area is 196 Å². The van der Waals surface area contributed by atoms with E-state index in [9.17, 15) is 9.90 Å². The maximum absolute atomic E-state index is 12.4. The van der Waals surface area contributed by atoms with E-state index in [2.05, 4.69) is 22.7 Å². The number of hydrogen-bond acceptors (Lipinski definition) is 4. The average Bonchev–Trinajstić information content (AvgIpc) is 3.06. The van der Waals surface area contributed by atoms with E-state index >= 15 is 0 Å². The van der Waals surface area contributed by atoms with Gasteiger partial charge in [-0.05, 0) is 50.9 Å². The Morgan fingerprint density at radius 3 is 2.70 bits per heavy atom. The van der Waals surface area contributed by atoms with Crippen LogP contribution in [0.1, 0.15) is 70.5 Å². The van der Waals surface area contributed by atoms with Gasteiger partial charge in [0.05, 0.1) is 0 Å². The number of nitrogens with one attached hydrogen (secondary N) is 2. The molecule has 172 valence electrons. The molecule has 0 atom stereocenters. The number of aliphatic hydroxyl groups is 1. The number of guanidine groups is 1. The van der Waals surface area contributed by atoms with Gasteiger partial charge in [0.1, 0.15) is 5.82 Å². The Hall–Kier alpha value is -1.10. The van der Waals surface area contributed by atoms with Crippen LogP contribution in [0.25, 0.3) is 0 Å². The van der Waals surface area contributed by atoms with Crippen molar-refractivity contribution in [2.24, 2.45) is 10.4 Å². The molecular weight excluding hydrogens is 495 g/mol. The standard InChI is InChI=1S/C21H38N6O2.HI/c1-2-22-19(24-17-21(12-16-28)10-5-3-6-11-21)23-13-8-15-27-20(29)26-14-7-4-9-18(26)25-27;/h28H,2-17H2,1H3,(H2,22,23,24);1H. The highest BCUT2D eigenvalue weighted by molar-refractivity contribution is 14.0. The van der Waals surface area contributed by atoms with Crippen LogP contribution < -0.4 is 16.3 Å². The molecule has 30 heavy (non-hydrogen) atoms. The average molecular weight is 534 g/mol. The van der Waals surface area contributed by atoms with Gasteiger partial charge in [0, 0.05) is 45.8 Å². The van der Waals surface area contributed by atoms with Crippen molar-refractivity contribution in [3.8, 4) is 0 Å². The second-order valence-electron chi connectivity index (χ2n) is 8.54. The van der Waals surface area contributed by atoms with Gasteiger partial charge in [0.2, 0.25) is 0 Å². The van der Waals surface area contributed by atoms with Crippen molar-refractivity contribution in [1.82, 2.24) is 25.0 Å². The minimum Gasteiger partial charge on any atom is -0.396 e. The summed E-state index contributed by atoms with van der Waals surface area (Å²) in [5.41, 5.74) is 0.182. The SMILES string of the molecule is CCNC(=NCC1(CCO)CCCCC1)NCCCn1nc2n(c1=O)CCCC2.I. The van der Waals surface area contributed by atoms with Gasteiger partial charge in [-0.25, -0.2) is 9.48 Å². The van der Waals surface area contributed by atoms with Crippen molar-refractivity contribution >= 4 is 29.9 Å². The second-order valence-corrected chi connectivity index (χ2v) is 8.54. The van der Waals surface area contributed by atoms with E-state index < -0.39 is 0 Å². The summed E-state index contributed by atoms with van der Waals surface area (Å²) in [6, 6.07) is 0. The van der Waals surface area contributed by atoms with Crippen LogP contribution in [0.2, 0.25) is 0 Å². The largest absolute Gasteiger partial charge is 0.396 e. The second kappa shape index (κ2) is 12.7. The van der Waals surface area contributed by atoms with Crippen molar-refractivity contribution in [3.05, 3.63) is 16.3 Å². The number of aromatic nitrogens is 3. The Balaban J connectivity index is 0.00000320. The molecule has 9 heteroatoms. The lowest BCUT2D eigenvalue weighted by Crippen LogP contribution is -2.40. The number of aliphatic imine (C=N–C) groups is 1. The van der Waals surface area contributed by atoms with Gasteiger partial charge in [0.25, 0.3) is 0 Å². The zero-order valence-corrected chi connectivity index (χ0v) is 20.7. The molecule has 1 saturated carbocycles. The summed E-state index contributed by atoms with van der Waals surface area (Å²) >= 11 is 0. The molecule has 1 fully saturated rings. The van der Waals surface area contributed by atoms with Crippen LogP contribution in [0.15, 0.2) is 9.79 Å². The first-order valence-corrected chi connectivity index (χ1v) is 11.5. The first-order chi connectivity index (χ1) is 14.2. The molecule has 0 saturated heterocycles. The summed E-state index contributed by atoms with van der Waals surface area (Å²) < 4.78 is 3.44. The predicted molar refractivity (Wildman–Crippen MR) is 131 cm³/mol. The van der Waals surface area contributed by atoms with Gasteiger partial charge < -0.3 is 15.7 Å². The fourth-order valence-electron chi connectivity index (χ4n) is 4.64. The third kappa shape index (κ3) is 6.70. The van der Waals surface area contributed by atoms with Crippen molar-refractivity contribution in [1.29, 1.82) is 0 Å². The minimum absolute atomic E-state index is 0. The number of hydrogen-bond donors (Lipinski definition) is 3. The van der Waals surface area contributed by atoms with Crippen molar-refractivity contribution in [2.75, 3.05) is 26.2 Å². The zero-order valence-electron chi connectivity index (χ0n) is 18.4. The highest BCUT2D eigenvalue weighted by Crippen LogP contribution is 2.39. The van der Waals surface area contributed by atoms with E-state index in [1.807, 2.05) is 4.57 Å². The zero-order chi connectivity index (χ0) is 20.5.